The highest BCUT2D eigenvalue weighted by Crippen LogP contribution is 2.38. The first-order valence-corrected chi connectivity index (χ1v) is 9.10. The Kier molecular flexibility index (Phi) is 5.21. The van der Waals surface area contributed by atoms with E-state index in [9.17, 15) is 0 Å². The highest BCUT2D eigenvalue weighted by Gasteiger charge is 2.23. The first-order valence-electron chi connectivity index (χ1n) is 7.73. The van der Waals surface area contributed by atoms with Gasteiger partial charge in [0.25, 0.3) is 0 Å². The van der Waals surface area contributed by atoms with Gasteiger partial charge in [0, 0.05) is 11.3 Å². The number of anilines is 1. The number of hydrogen-bond acceptors (Lipinski definition) is 4. The van der Waals surface area contributed by atoms with Crippen LogP contribution in [0.1, 0.15) is 49.1 Å². The maximum atomic E-state index is 6.41. The molecule has 1 saturated carbocycles. The third-order valence-corrected chi connectivity index (χ3v) is 5.34. The maximum Gasteiger partial charge on any atom is 0.191 e. The lowest BCUT2D eigenvalue weighted by molar-refractivity contribution is 0.442. The zero-order valence-electron chi connectivity index (χ0n) is 12.5. The van der Waals surface area contributed by atoms with E-state index in [2.05, 4.69) is 22.1 Å². The van der Waals surface area contributed by atoms with Gasteiger partial charge in [-0.3, -0.25) is 0 Å². The Morgan fingerprint density at radius 3 is 2.50 bits per heavy atom. The fourth-order valence-electron chi connectivity index (χ4n) is 2.99. The van der Waals surface area contributed by atoms with Crippen LogP contribution in [-0.4, -0.2) is 9.97 Å². The smallest absolute Gasteiger partial charge is 0.191 e. The van der Waals surface area contributed by atoms with Crippen LogP contribution >= 0.6 is 23.4 Å². The van der Waals surface area contributed by atoms with Gasteiger partial charge in [-0.25, -0.2) is 9.97 Å². The molecule has 0 radical (unpaired) electrons. The van der Waals surface area contributed by atoms with E-state index in [1.54, 1.807) is 11.8 Å². The summed E-state index contributed by atoms with van der Waals surface area (Å²) >= 11 is 7.98. The molecule has 0 unspecified atom stereocenters. The number of aromatic nitrogens is 2. The summed E-state index contributed by atoms with van der Waals surface area (Å²) in [5, 5.41) is 1.20. The van der Waals surface area contributed by atoms with Crippen LogP contribution in [0.3, 0.4) is 0 Å². The number of rotatable bonds is 4. The van der Waals surface area contributed by atoms with Gasteiger partial charge in [0.05, 0.1) is 0 Å². The predicted octanol–water partition coefficient (Wildman–Crippen LogP) is 5.05. The van der Waals surface area contributed by atoms with E-state index in [-0.39, 0.29) is 0 Å². The number of benzene rings is 1. The van der Waals surface area contributed by atoms with Crippen molar-refractivity contribution >= 4 is 29.2 Å². The maximum absolute atomic E-state index is 6.41. The van der Waals surface area contributed by atoms with Gasteiger partial charge in [-0.15, -0.1) is 0 Å². The second kappa shape index (κ2) is 7.34. The Labute approximate surface area is 140 Å². The first kappa shape index (κ1) is 15.6. The lowest BCUT2D eigenvalue weighted by atomic mass is 9.85. The van der Waals surface area contributed by atoms with Crippen molar-refractivity contribution in [1.82, 2.24) is 9.97 Å². The van der Waals surface area contributed by atoms with Crippen LogP contribution < -0.4 is 5.73 Å². The lowest BCUT2D eigenvalue weighted by Crippen LogP contribution is -2.11. The second-order valence-electron chi connectivity index (χ2n) is 5.71. The van der Waals surface area contributed by atoms with Gasteiger partial charge in [-0.1, -0.05) is 73.0 Å². The summed E-state index contributed by atoms with van der Waals surface area (Å²) in [6.07, 6.45) is 6.07. The third-order valence-electron chi connectivity index (χ3n) is 4.13. The van der Waals surface area contributed by atoms with E-state index < -0.39 is 0 Å². The molecule has 116 valence electrons. The molecule has 1 aliphatic carbocycles. The third kappa shape index (κ3) is 3.73. The summed E-state index contributed by atoms with van der Waals surface area (Å²) in [6, 6.07) is 10.3. The summed E-state index contributed by atoms with van der Waals surface area (Å²) in [4.78, 5) is 8.93. The van der Waals surface area contributed by atoms with Crippen molar-refractivity contribution in [3.05, 3.63) is 46.6 Å². The molecule has 5 heteroatoms. The molecule has 0 bridgehead atoms. The molecule has 3 nitrogen and oxygen atoms in total. The molecule has 2 aromatic rings. The molecule has 0 atom stereocenters. The minimum atomic E-state index is 0.425. The molecule has 1 aliphatic rings. The van der Waals surface area contributed by atoms with E-state index in [0.29, 0.717) is 22.0 Å². The quantitative estimate of drug-likeness (QED) is 0.483. The molecular formula is C17H20ClN3S. The lowest BCUT2D eigenvalue weighted by Gasteiger charge is -2.23. The average molecular weight is 334 g/mol. The highest BCUT2D eigenvalue weighted by molar-refractivity contribution is 7.98. The Hall–Kier alpha value is -1.26. The van der Waals surface area contributed by atoms with Crippen molar-refractivity contribution in [3.63, 3.8) is 0 Å². The second-order valence-corrected chi connectivity index (χ2v) is 7.01. The van der Waals surface area contributed by atoms with Crippen LogP contribution in [0.15, 0.2) is 35.5 Å². The van der Waals surface area contributed by atoms with Gasteiger partial charge < -0.3 is 5.73 Å². The van der Waals surface area contributed by atoms with Crippen LogP contribution in [-0.2, 0) is 5.75 Å². The fraction of sp³-hybridized carbons (Fsp3) is 0.412. The van der Waals surface area contributed by atoms with Crippen LogP contribution in [0.5, 0.6) is 0 Å². The van der Waals surface area contributed by atoms with Crippen molar-refractivity contribution in [1.29, 1.82) is 0 Å². The Balaban J connectivity index is 1.74. The molecule has 1 aromatic carbocycles. The molecule has 0 saturated heterocycles. The summed E-state index contributed by atoms with van der Waals surface area (Å²) in [7, 11) is 0. The first-order chi connectivity index (χ1) is 10.7. The number of nitrogens with zero attached hydrogens (tertiary/aromatic N) is 2. The number of nitrogens with two attached hydrogens (primary N) is 1. The summed E-state index contributed by atoms with van der Waals surface area (Å²) in [5.74, 6) is 1.80. The van der Waals surface area contributed by atoms with Crippen molar-refractivity contribution in [2.24, 2.45) is 0 Å². The predicted molar refractivity (Wildman–Crippen MR) is 93.3 cm³/mol. The monoisotopic (exact) mass is 333 g/mol. The van der Waals surface area contributed by atoms with Crippen molar-refractivity contribution in [3.8, 4) is 0 Å². The Morgan fingerprint density at radius 1 is 1.09 bits per heavy atom. The molecule has 22 heavy (non-hydrogen) atoms. The van der Waals surface area contributed by atoms with Crippen molar-refractivity contribution in [2.75, 3.05) is 5.73 Å². The van der Waals surface area contributed by atoms with Crippen LogP contribution in [0.4, 0.5) is 5.82 Å². The largest absolute Gasteiger partial charge is 0.383 e. The normalized spacial score (nSPS) is 15.9. The fourth-order valence-corrected chi connectivity index (χ4v) is 4.18. The molecule has 3 rings (SSSR count). The summed E-state index contributed by atoms with van der Waals surface area (Å²) < 4.78 is 0. The topological polar surface area (TPSA) is 51.8 Å². The number of thioether (sulfide) groups is 1. The van der Waals surface area contributed by atoms with Crippen molar-refractivity contribution < 1.29 is 0 Å². The van der Waals surface area contributed by atoms with Gasteiger partial charge in [0.2, 0.25) is 0 Å². The van der Waals surface area contributed by atoms with E-state index in [1.165, 1.54) is 24.8 Å². The van der Waals surface area contributed by atoms with Gasteiger partial charge in [-0.2, -0.15) is 0 Å². The average Bonchev–Trinajstić information content (AvgIpc) is 2.54. The summed E-state index contributed by atoms with van der Waals surface area (Å²) in [6.45, 7) is 0. The molecular weight excluding hydrogens is 314 g/mol. The minimum Gasteiger partial charge on any atom is -0.383 e. The standard InChI is InChI=1S/C17H20ClN3S/c18-15-14(13-9-5-2-6-10-13)16(19)21-17(20-15)22-11-12-7-3-1-4-8-12/h1,3-4,7-8,13H,2,5-6,9-11H2,(H2,19,20,21). The SMILES string of the molecule is Nc1nc(SCc2ccccc2)nc(Cl)c1C1CCCCC1. The van der Waals surface area contributed by atoms with Gasteiger partial charge in [-0.05, 0) is 24.3 Å². The highest BCUT2D eigenvalue weighted by atomic mass is 35.5. The van der Waals surface area contributed by atoms with Gasteiger partial charge in [0.15, 0.2) is 5.16 Å². The summed E-state index contributed by atoms with van der Waals surface area (Å²) in [5.41, 5.74) is 8.37. The van der Waals surface area contributed by atoms with Crippen LogP contribution in [0, 0.1) is 0 Å². The van der Waals surface area contributed by atoms with Crippen LogP contribution in [0.25, 0.3) is 0 Å². The van der Waals surface area contributed by atoms with E-state index in [0.717, 1.165) is 24.2 Å². The molecule has 0 aliphatic heterocycles. The number of nitrogen functional groups attached to an aromatic ring is 1. The van der Waals surface area contributed by atoms with E-state index in [4.69, 9.17) is 17.3 Å². The molecule has 2 N–H and O–H groups in total. The zero-order valence-corrected chi connectivity index (χ0v) is 14.0. The number of halogens is 1. The Morgan fingerprint density at radius 2 is 1.82 bits per heavy atom. The molecule has 0 spiro atoms. The number of hydrogen-bond donors (Lipinski definition) is 1. The molecule has 1 heterocycles. The van der Waals surface area contributed by atoms with E-state index >= 15 is 0 Å². The van der Waals surface area contributed by atoms with Gasteiger partial charge >= 0.3 is 0 Å². The van der Waals surface area contributed by atoms with Crippen LogP contribution in [0.2, 0.25) is 5.15 Å². The van der Waals surface area contributed by atoms with Gasteiger partial charge in [0.1, 0.15) is 11.0 Å². The van der Waals surface area contributed by atoms with E-state index in [1.807, 2.05) is 18.2 Å². The molecule has 1 fully saturated rings. The van der Waals surface area contributed by atoms with Crippen molar-refractivity contribution in [2.45, 2.75) is 48.9 Å². The Bertz CT molecular complexity index is 604. The molecule has 0 amide bonds. The minimum absolute atomic E-state index is 0.425. The molecule has 1 aromatic heterocycles. The zero-order chi connectivity index (χ0) is 15.4.